The van der Waals surface area contributed by atoms with E-state index in [1.165, 1.54) is 28.2 Å². The highest BCUT2D eigenvalue weighted by Crippen LogP contribution is 2.35. The van der Waals surface area contributed by atoms with Gasteiger partial charge in [-0.3, -0.25) is 14.4 Å². The van der Waals surface area contributed by atoms with Crippen molar-refractivity contribution < 1.29 is 22.8 Å². The first-order chi connectivity index (χ1) is 17.9. The van der Waals surface area contributed by atoms with Crippen molar-refractivity contribution in [1.29, 1.82) is 0 Å². The van der Waals surface area contributed by atoms with Gasteiger partial charge in [0.2, 0.25) is 17.7 Å². The van der Waals surface area contributed by atoms with Gasteiger partial charge in [0, 0.05) is 12.3 Å². The molecule has 1 fully saturated rings. The molecule has 9 heteroatoms. The second-order valence-corrected chi connectivity index (χ2v) is 13.2. The van der Waals surface area contributed by atoms with Crippen LogP contribution in [-0.4, -0.2) is 55.4 Å². The number of rotatable bonds is 8. The quantitative estimate of drug-likeness (QED) is 0.536. The zero-order chi connectivity index (χ0) is 27.8. The second-order valence-electron chi connectivity index (χ2n) is 11.2. The van der Waals surface area contributed by atoms with Crippen molar-refractivity contribution in [3.05, 3.63) is 65.2 Å². The summed E-state index contributed by atoms with van der Waals surface area (Å²) < 4.78 is 24.1. The van der Waals surface area contributed by atoms with E-state index in [0.717, 1.165) is 6.26 Å². The molecule has 1 aliphatic carbocycles. The minimum atomic E-state index is -3.45. The Balaban J connectivity index is 1.77. The molecule has 0 bridgehead atoms. The fraction of sp³-hybridized carbons (Fsp3) is 0.483. The first kappa shape index (κ1) is 27.8. The maximum absolute atomic E-state index is 14.3. The van der Waals surface area contributed by atoms with Crippen LogP contribution in [0.2, 0.25) is 0 Å². The minimum absolute atomic E-state index is 0.0924. The Morgan fingerprint density at radius 2 is 1.58 bits per heavy atom. The molecule has 0 spiro atoms. The number of amides is 3. The van der Waals surface area contributed by atoms with E-state index >= 15 is 0 Å². The smallest absolute Gasteiger partial charge is 0.247 e. The lowest BCUT2D eigenvalue weighted by Gasteiger charge is -2.45. The maximum atomic E-state index is 14.3. The third kappa shape index (κ3) is 5.77. The number of hydrogen-bond acceptors (Lipinski definition) is 5. The van der Waals surface area contributed by atoms with Gasteiger partial charge in [0.05, 0.1) is 4.90 Å². The van der Waals surface area contributed by atoms with Crippen LogP contribution in [0.4, 0.5) is 0 Å². The summed E-state index contributed by atoms with van der Waals surface area (Å²) in [7, 11) is -3.45. The Labute approximate surface area is 225 Å². The van der Waals surface area contributed by atoms with Crippen molar-refractivity contribution in [3.8, 4) is 0 Å². The third-order valence-electron chi connectivity index (χ3n) is 7.29. The highest BCUT2D eigenvalue weighted by molar-refractivity contribution is 7.90. The number of benzene rings is 2. The molecule has 0 aromatic heterocycles. The fourth-order valence-corrected chi connectivity index (χ4v) is 6.20. The molecular weight excluding hydrogens is 502 g/mol. The summed E-state index contributed by atoms with van der Waals surface area (Å²) in [6.45, 7) is 7.60. The lowest BCUT2D eigenvalue weighted by atomic mass is 9.88. The number of sulfone groups is 1. The molecule has 2 aromatic rings. The van der Waals surface area contributed by atoms with E-state index in [2.05, 4.69) is 10.6 Å². The number of carbonyl (C=O) groups is 3. The van der Waals surface area contributed by atoms with Gasteiger partial charge in [-0.1, -0.05) is 50.2 Å². The number of nitrogens with one attached hydrogen (secondary N) is 2. The van der Waals surface area contributed by atoms with Gasteiger partial charge >= 0.3 is 0 Å². The summed E-state index contributed by atoms with van der Waals surface area (Å²) in [6.07, 6.45) is 2.84. The van der Waals surface area contributed by atoms with Crippen molar-refractivity contribution in [2.45, 2.75) is 76.0 Å². The van der Waals surface area contributed by atoms with Crippen molar-refractivity contribution >= 4 is 27.6 Å². The predicted molar refractivity (Wildman–Crippen MR) is 145 cm³/mol. The molecule has 2 aromatic carbocycles. The lowest BCUT2D eigenvalue weighted by molar-refractivity contribution is -0.158. The van der Waals surface area contributed by atoms with Gasteiger partial charge in [0.1, 0.15) is 18.1 Å². The van der Waals surface area contributed by atoms with Gasteiger partial charge in [-0.2, -0.15) is 0 Å². The Morgan fingerprint density at radius 3 is 2.08 bits per heavy atom. The molecule has 1 unspecified atom stereocenters. The highest BCUT2D eigenvalue weighted by Gasteiger charge is 2.49. The SMILES string of the molecule is CC(C)C[C@@H]1C(=O)NC(C2Cc3ccccc3C2)C(=O)N1[C@@H](C(=O)NC(C)C)c1ccc(S(C)(=O)=O)cc1. The van der Waals surface area contributed by atoms with Crippen LogP contribution < -0.4 is 10.6 Å². The van der Waals surface area contributed by atoms with Crippen molar-refractivity contribution in [3.63, 3.8) is 0 Å². The number of piperazine rings is 1. The van der Waals surface area contributed by atoms with E-state index < -0.39 is 33.9 Å². The van der Waals surface area contributed by atoms with Crippen molar-refractivity contribution in [1.82, 2.24) is 15.5 Å². The molecule has 204 valence electrons. The Bertz CT molecular complexity index is 1290. The summed E-state index contributed by atoms with van der Waals surface area (Å²) >= 11 is 0. The van der Waals surface area contributed by atoms with Crippen LogP contribution in [0.25, 0.3) is 0 Å². The first-order valence-electron chi connectivity index (χ1n) is 13.2. The normalized spacial score (nSPS) is 21.0. The standard InChI is InChI=1S/C29H37N3O5S/c1-17(2)14-24-27(33)31-25(22-15-20-8-6-7-9-21(20)16-22)29(35)32(24)26(28(34)30-18(3)4)19-10-12-23(13-11-19)38(5,36)37/h6-13,17-18,22,24-26H,14-16H2,1-5H3,(H,30,34)(H,31,33)/t24-,25?,26-/m1/s1. The maximum Gasteiger partial charge on any atom is 0.247 e. The number of nitrogens with zero attached hydrogens (tertiary/aromatic N) is 1. The van der Waals surface area contributed by atoms with Crippen LogP contribution in [0.5, 0.6) is 0 Å². The van der Waals surface area contributed by atoms with Gasteiger partial charge in [0.25, 0.3) is 0 Å². The van der Waals surface area contributed by atoms with Gasteiger partial charge in [-0.25, -0.2) is 8.42 Å². The summed E-state index contributed by atoms with van der Waals surface area (Å²) in [5, 5.41) is 5.91. The predicted octanol–water partition coefficient (Wildman–Crippen LogP) is 2.81. The zero-order valence-electron chi connectivity index (χ0n) is 22.6. The molecule has 38 heavy (non-hydrogen) atoms. The first-order valence-corrected chi connectivity index (χ1v) is 15.1. The van der Waals surface area contributed by atoms with E-state index in [1.807, 2.05) is 52.0 Å². The summed E-state index contributed by atoms with van der Waals surface area (Å²) in [5.74, 6) is -0.988. The Hall–Kier alpha value is -3.20. The summed E-state index contributed by atoms with van der Waals surface area (Å²) in [6, 6.07) is 11.2. The van der Waals surface area contributed by atoms with Gasteiger partial charge in [-0.05, 0) is 73.8 Å². The third-order valence-corrected chi connectivity index (χ3v) is 8.42. The molecule has 2 aliphatic rings. The number of carbonyl (C=O) groups excluding carboxylic acids is 3. The van der Waals surface area contributed by atoms with E-state index in [9.17, 15) is 22.8 Å². The van der Waals surface area contributed by atoms with Crippen LogP contribution in [0.3, 0.4) is 0 Å². The minimum Gasteiger partial charge on any atom is -0.352 e. The largest absolute Gasteiger partial charge is 0.352 e. The highest BCUT2D eigenvalue weighted by atomic mass is 32.2. The van der Waals surface area contributed by atoms with E-state index in [0.29, 0.717) is 24.8 Å². The summed E-state index contributed by atoms with van der Waals surface area (Å²) in [5.41, 5.74) is 2.79. The van der Waals surface area contributed by atoms with Gasteiger partial charge < -0.3 is 15.5 Å². The Kier molecular flexibility index (Phi) is 7.97. The van der Waals surface area contributed by atoms with Gasteiger partial charge in [-0.15, -0.1) is 0 Å². The monoisotopic (exact) mass is 539 g/mol. The number of fused-ring (bicyclic) bond motifs is 1. The molecule has 0 saturated carbocycles. The van der Waals surface area contributed by atoms with E-state index in [4.69, 9.17) is 0 Å². The summed E-state index contributed by atoms with van der Waals surface area (Å²) in [4.78, 5) is 43.1. The van der Waals surface area contributed by atoms with E-state index in [-0.39, 0.29) is 34.6 Å². The average molecular weight is 540 g/mol. The van der Waals surface area contributed by atoms with Gasteiger partial charge in [0.15, 0.2) is 9.84 Å². The molecule has 3 amide bonds. The van der Waals surface area contributed by atoms with Crippen molar-refractivity contribution in [2.24, 2.45) is 11.8 Å². The van der Waals surface area contributed by atoms with Crippen LogP contribution in [-0.2, 0) is 37.1 Å². The fourth-order valence-electron chi connectivity index (χ4n) is 5.57. The van der Waals surface area contributed by atoms with Crippen LogP contribution >= 0.6 is 0 Å². The molecule has 1 saturated heterocycles. The number of hydrogen-bond donors (Lipinski definition) is 2. The topological polar surface area (TPSA) is 113 Å². The Morgan fingerprint density at radius 1 is 1.00 bits per heavy atom. The zero-order valence-corrected chi connectivity index (χ0v) is 23.4. The van der Waals surface area contributed by atoms with Crippen LogP contribution in [0.1, 0.15) is 56.8 Å². The molecule has 8 nitrogen and oxygen atoms in total. The molecule has 3 atom stereocenters. The molecule has 1 aliphatic heterocycles. The molecule has 4 rings (SSSR count). The van der Waals surface area contributed by atoms with E-state index in [1.54, 1.807) is 12.1 Å². The van der Waals surface area contributed by atoms with Crippen molar-refractivity contribution in [2.75, 3.05) is 6.26 Å². The molecule has 0 radical (unpaired) electrons. The molecule has 1 heterocycles. The second kappa shape index (κ2) is 10.9. The lowest BCUT2D eigenvalue weighted by Crippen LogP contribution is -2.67. The van der Waals surface area contributed by atoms with Crippen LogP contribution in [0, 0.1) is 11.8 Å². The molecular formula is C29H37N3O5S. The molecule has 2 N–H and O–H groups in total. The van der Waals surface area contributed by atoms with Crippen LogP contribution in [0.15, 0.2) is 53.4 Å². The average Bonchev–Trinajstić information content (AvgIpc) is 3.26.